The molecule has 2 rings (SSSR count). The van der Waals surface area contributed by atoms with Crippen molar-refractivity contribution in [1.29, 1.82) is 0 Å². The summed E-state index contributed by atoms with van der Waals surface area (Å²) in [6, 6.07) is 7.80. The third-order valence-electron chi connectivity index (χ3n) is 2.85. The van der Waals surface area contributed by atoms with Crippen LogP contribution < -0.4 is 5.32 Å². The van der Waals surface area contributed by atoms with E-state index in [-0.39, 0.29) is 11.9 Å². The van der Waals surface area contributed by atoms with Crippen molar-refractivity contribution in [3.05, 3.63) is 34.3 Å². The molecule has 16 heavy (non-hydrogen) atoms. The number of hydrogen-bond donors (Lipinski definition) is 1. The highest BCUT2D eigenvalue weighted by atomic mass is 79.9. The van der Waals surface area contributed by atoms with Crippen molar-refractivity contribution in [3.63, 3.8) is 0 Å². The second-order valence-corrected chi connectivity index (χ2v) is 4.97. The summed E-state index contributed by atoms with van der Waals surface area (Å²) in [7, 11) is 0. The van der Waals surface area contributed by atoms with Gasteiger partial charge in [0.25, 0.3) is 5.91 Å². The topological polar surface area (TPSA) is 32.3 Å². The molecule has 1 heterocycles. The minimum Gasteiger partial charge on any atom is -0.333 e. The van der Waals surface area contributed by atoms with Crippen LogP contribution in [0.15, 0.2) is 28.7 Å². The van der Waals surface area contributed by atoms with E-state index >= 15 is 0 Å². The predicted octanol–water partition coefficient (Wildman–Crippen LogP) is 1.88. The number of halogens is 1. The summed E-state index contributed by atoms with van der Waals surface area (Å²) in [6.45, 7) is 4.62. The zero-order chi connectivity index (χ0) is 11.5. The van der Waals surface area contributed by atoms with E-state index < -0.39 is 0 Å². The smallest absolute Gasteiger partial charge is 0.254 e. The lowest BCUT2D eigenvalue weighted by Gasteiger charge is -2.34. The largest absolute Gasteiger partial charge is 0.333 e. The zero-order valence-electron chi connectivity index (χ0n) is 9.24. The number of carbonyl (C=O) groups is 1. The Morgan fingerprint density at radius 3 is 2.75 bits per heavy atom. The van der Waals surface area contributed by atoms with Crippen LogP contribution >= 0.6 is 15.9 Å². The zero-order valence-corrected chi connectivity index (χ0v) is 10.8. The molecular weight excluding hydrogens is 268 g/mol. The second-order valence-electron chi connectivity index (χ2n) is 4.06. The van der Waals surface area contributed by atoms with Crippen LogP contribution in [0.4, 0.5) is 0 Å². The van der Waals surface area contributed by atoms with Gasteiger partial charge in [-0.05, 0) is 31.2 Å². The number of nitrogens with one attached hydrogen (secondary N) is 1. The Balaban J connectivity index is 2.14. The minimum atomic E-state index is 0.126. The van der Waals surface area contributed by atoms with Crippen molar-refractivity contribution in [3.8, 4) is 0 Å². The summed E-state index contributed by atoms with van der Waals surface area (Å²) in [5.41, 5.74) is 0.761. The normalized spacial score (nSPS) is 20.9. The molecule has 1 atom stereocenters. The van der Waals surface area contributed by atoms with Crippen molar-refractivity contribution in [2.75, 3.05) is 19.6 Å². The summed E-state index contributed by atoms with van der Waals surface area (Å²) in [5.74, 6) is 0.126. The van der Waals surface area contributed by atoms with E-state index in [9.17, 15) is 4.79 Å². The molecule has 3 nitrogen and oxygen atoms in total. The van der Waals surface area contributed by atoms with E-state index in [1.54, 1.807) is 0 Å². The van der Waals surface area contributed by atoms with Gasteiger partial charge in [-0.1, -0.05) is 15.9 Å². The molecule has 0 aliphatic carbocycles. The van der Waals surface area contributed by atoms with Gasteiger partial charge in [0.1, 0.15) is 0 Å². The summed E-state index contributed by atoms with van der Waals surface area (Å²) in [5, 5.41) is 3.28. The van der Waals surface area contributed by atoms with Crippen LogP contribution in [-0.2, 0) is 0 Å². The van der Waals surface area contributed by atoms with Gasteiger partial charge in [0, 0.05) is 35.7 Å². The highest BCUT2D eigenvalue weighted by Crippen LogP contribution is 2.14. The lowest BCUT2D eigenvalue weighted by atomic mass is 10.1. The fourth-order valence-electron chi connectivity index (χ4n) is 1.90. The first-order chi connectivity index (χ1) is 7.68. The highest BCUT2D eigenvalue weighted by Gasteiger charge is 2.23. The van der Waals surface area contributed by atoms with Gasteiger partial charge in [0.2, 0.25) is 0 Å². The van der Waals surface area contributed by atoms with E-state index in [0.717, 1.165) is 29.7 Å². The average Bonchev–Trinajstić information content (AvgIpc) is 2.30. The highest BCUT2D eigenvalue weighted by molar-refractivity contribution is 9.10. The summed E-state index contributed by atoms with van der Waals surface area (Å²) in [4.78, 5) is 14.1. The maximum Gasteiger partial charge on any atom is 0.254 e. The number of hydrogen-bond acceptors (Lipinski definition) is 2. The van der Waals surface area contributed by atoms with E-state index in [0.29, 0.717) is 0 Å². The van der Waals surface area contributed by atoms with Crippen molar-refractivity contribution >= 4 is 21.8 Å². The molecule has 1 aliphatic rings. The molecule has 1 unspecified atom stereocenters. The Bertz CT molecular complexity index is 377. The van der Waals surface area contributed by atoms with Gasteiger partial charge >= 0.3 is 0 Å². The number of rotatable bonds is 1. The Kier molecular flexibility index (Phi) is 3.61. The first kappa shape index (κ1) is 11.6. The van der Waals surface area contributed by atoms with Crippen LogP contribution in [0.1, 0.15) is 17.3 Å². The van der Waals surface area contributed by atoms with Crippen LogP contribution in [-0.4, -0.2) is 36.5 Å². The van der Waals surface area contributed by atoms with Crippen LogP contribution in [0.5, 0.6) is 0 Å². The quantitative estimate of drug-likeness (QED) is 0.853. The van der Waals surface area contributed by atoms with Crippen molar-refractivity contribution < 1.29 is 4.79 Å². The third kappa shape index (κ3) is 2.44. The molecule has 1 amide bonds. The van der Waals surface area contributed by atoms with Crippen LogP contribution in [0, 0.1) is 0 Å². The van der Waals surface area contributed by atoms with E-state index in [1.807, 2.05) is 29.2 Å². The van der Waals surface area contributed by atoms with E-state index in [2.05, 4.69) is 28.2 Å². The van der Waals surface area contributed by atoms with Gasteiger partial charge in [-0.25, -0.2) is 0 Å². The van der Waals surface area contributed by atoms with Crippen LogP contribution in [0.25, 0.3) is 0 Å². The summed E-state index contributed by atoms with van der Waals surface area (Å²) >= 11 is 3.37. The molecule has 1 fully saturated rings. The first-order valence-electron chi connectivity index (χ1n) is 5.46. The Labute approximate surface area is 104 Å². The maximum absolute atomic E-state index is 12.2. The number of piperazine rings is 1. The number of carbonyl (C=O) groups excluding carboxylic acids is 1. The molecule has 1 aromatic rings. The van der Waals surface area contributed by atoms with E-state index in [4.69, 9.17) is 0 Å². The molecule has 0 radical (unpaired) electrons. The van der Waals surface area contributed by atoms with Crippen molar-refractivity contribution in [1.82, 2.24) is 10.2 Å². The molecule has 1 saturated heterocycles. The lowest BCUT2D eigenvalue weighted by Crippen LogP contribution is -2.52. The van der Waals surface area contributed by atoms with Gasteiger partial charge in [-0.15, -0.1) is 0 Å². The van der Waals surface area contributed by atoms with Gasteiger partial charge < -0.3 is 10.2 Å². The average molecular weight is 283 g/mol. The van der Waals surface area contributed by atoms with Crippen LogP contribution in [0.2, 0.25) is 0 Å². The van der Waals surface area contributed by atoms with Crippen molar-refractivity contribution in [2.45, 2.75) is 13.0 Å². The molecular formula is C12H15BrN2O. The summed E-state index contributed by atoms with van der Waals surface area (Å²) < 4.78 is 0.998. The summed E-state index contributed by atoms with van der Waals surface area (Å²) in [6.07, 6.45) is 0. The maximum atomic E-state index is 12.2. The molecule has 0 bridgehead atoms. The minimum absolute atomic E-state index is 0.126. The SMILES string of the molecule is CC1CNCCN1C(=O)c1ccc(Br)cc1. The third-order valence-corrected chi connectivity index (χ3v) is 3.38. The number of benzene rings is 1. The molecule has 4 heteroatoms. The Morgan fingerprint density at radius 1 is 1.44 bits per heavy atom. The number of nitrogens with zero attached hydrogens (tertiary/aromatic N) is 1. The lowest BCUT2D eigenvalue weighted by molar-refractivity contribution is 0.0656. The molecule has 1 aliphatic heterocycles. The Morgan fingerprint density at radius 2 is 2.12 bits per heavy atom. The van der Waals surface area contributed by atoms with Gasteiger partial charge in [-0.3, -0.25) is 4.79 Å². The molecule has 1 N–H and O–H groups in total. The second kappa shape index (κ2) is 4.97. The van der Waals surface area contributed by atoms with Gasteiger partial charge in [0.05, 0.1) is 0 Å². The molecule has 86 valence electrons. The van der Waals surface area contributed by atoms with Gasteiger partial charge in [-0.2, -0.15) is 0 Å². The first-order valence-corrected chi connectivity index (χ1v) is 6.25. The predicted molar refractivity (Wildman–Crippen MR) is 67.5 cm³/mol. The molecule has 1 aromatic carbocycles. The fourth-order valence-corrected chi connectivity index (χ4v) is 2.17. The standard InChI is InChI=1S/C12H15BrN2O/c1-9-8-14-6-7-15(9)12(16)10-2-4-11(13)5-3-10/h2-5,9,14H,6-8H2,1H3. The molecule has 0 saturated carbocycles. The van der Waals surface area contributed by atoms with Gasteiger partial charge in [0.15, 0.2) is 0 Å². The monoisotopic (exact) mass is 282 g/mol. The number of amides is 1. The van der Waals surface area contributed by atoms with E-state index in [1.165, 1.54) is 0 Å². The van der Waals surface area contributed by atoms with Crippen LogP contribution in [0.3, 0.4) is 0 Å². The Hall–Kier alpha value is -0.870. The fraction of sp³-hybridized carbons (Fsp3) is 0.417. The van der Waals surface area contributed by atoms with Crippen molar-refractivity contribution in [2.24, 2.45) is 0 Å². The molecule has 0 spiro atoms. The molecule has 0 aromatic heterocycles.